The van der Waals surface area contributed by atoms with Gasteiger partial charge in [0.2, 0.25) is 0 Å². The third-order valence-corrected chi connectivity index (χ3v) is 5.87. The summed E-state index contributed by atoms with van der Waals surface area (Å²) in [5, 5.41) is 6.25. The van der Waals surface area contributed by atoms with Gasteiger partial charge in [-0.1, -0.05) is 17.7 Å². The van der Waals surface area contributed by atoms with Gasteiger partial charge >= 0.3 is 6.03 Å². The molecule has 3 N–H and O–H groups in total. The van der Waals surface area contributed by atoms with Crippen LogP contribution in [0.3, 0.4) is 0 Å². The van der Waals surface area contributed by atoms with Crippen molar-refractivity contribution in [1.82, 2.24) is 15.6 Å². The summed E-state index contributed by atoms with van der Waals surface area (Å²) in [5.41, 5.74) is 2.97. The summed E-state index contributed by atoms with van der Waals surface area (Å²) in [6.07, 6.45) is 2.56. The number of benzene rings is 2. The van der Waals surface area contributed by atoms with E-state index in [1.54, 1.807) is 25.2 Å². The van der Waals surface area contributed by atoms with Gasteiger partial charge in [0, 0.05) is 30.7 Å². The Kier molecular flexibility index (Phi) is 6.96. The van der Waals surface area contributed by atoms with Gasteiger partial charge in [-0.2, -0.15) is 8.42 Å². The highest BCUT2D eigenvalue weighted by Crippen LogP contribution is 2.24. The molecule has 0 saturated carbocycles. The average Bonchev–Trinajstić information content (AvgIpc) is 3.13. The van der Waals surface area contributed by atoms with Crippen LogP contribution in [0.15, 0.2) is 53.6 Å². The summed E-state index contributed by atoms with van der Waals surface area (Å²) in [5.74, 6) is 0.610. The minimum Gasteiger partial charge on any atom is -0.491 e. The molecule has 1 heterocycles. The van der Waals surface area contributed by atoms with E-state index in [-0.39, 0.29) is 24.1 Å². The van der Waals surface area contributed by atoms with Crippen molar-refractivity contribution in [1.29, 1.82) is 0 Å². The van der Waals surface area contributed by atoms with Crippen molar-refractivity contribution >= 4 is 27.1 Å². The molecule has 0 radical (unpaired) electrons. The maximum absolute atomic E-state index is 12.2. The molecule has 0 saturated heterocycles. The molecule has 2 amide bonds. The molecule has 0 aliphatic rings. The van der Waals surface area contributed by atoms with E-state index >= 15 is 0 Å². The van der Waals surface area contributed by atoms with Gasteiger partial charge in [0.1, 0.15) is 19.0 Å². The molecule has 8 nitrogen and oxygen atoms in total. The standard InChI is InChI=1S/C21H25N3O5S/c1-15-3-6-18(7-4-15)30(26,27)29-12-11-28-17-5-8-20-19(13-17)16(14-24-20)9-10-23-21(25)22-2/h3-8,13-14,24H,9-12H2,1-2H3,(H2,22,23,25). The second-order valence-corrected chi connectivity index (χ2v) is 8.33. The van der Waals surface area contributed by atoms with E-state index in [1.807, 2.05) is 25.3 Å². The fraction of sp³-hybridized carbons (Fsp3) is 0.286. The fourth-order valence-electron chi connectivity index (χ4n) is 2.93. The van der Waals surface area contributed by atoms with E-state index in [9.17, 15) is 13.2 Å². The number of carbonyl (C=O) groups excluding carboxylic acids is 1. The van der Waals surface area contributed by atoms with Crippen molar-refractivity contribution in [2.45, 2.75) is 18.2 Å². The van der Waals surface area contributed by atoms with Crippen LogP contribution in [-0.4, -0.2) is 46.2 Å². The number of H-pyrrole nitrogens is 1. The van der Waals surface area contributed by atoms with Gasteiger partial charge < -0.3 is 20.4 Å². The molecule has 9 heteroatoms. The van der Waals surface area contributed by atoms with Gasteiger partial charge in [-0.3, -0.25) is 4.18 Å². The van der Waals surface area contributed by atoms with Crippen LogP contribution in [0.2, 0.25) is 0 Å². The largest absolute Gasteiger partial charge is 0.491 e. The molecule has 3 rings (SSSR count). The second kappa shape index (κ2) is 9.64. The maximum atomic E-state index is 12.2. The Balaban J connectivity index is 1.55. The van der Waals surface area contributed by atoms with Crippen molar-refractivity contribution in [3.05, 3.63) is 59.8 Å². The normalized spacial score (nSPS) is 11.4. The Morgan fingerprint density at radius 3 is 2.60 bits per heavy atom. The van der Waals surface area contributed by atoms with Gasteiger partial charge in [0.25, 0.3) is 10.1 Å². The van der Waals surface area contributed by atoms with Crippen LogP contribution in [-0.2, 0) is 20.7 Å². The quantitative estimate of drug-likeness (QED) is 0.357. The number of ether oxygens (including phenoxy) is 1. The zero-order valence-corrected chi connectivity index (χ0v) is 17.7. The lowest BCUT2D eigenvalue weighted by atomic mass is 10.1. The van der Waals surface area contributed by atoms with Crippen LogP contribution < -0.4 is 15.4 Å². The molecule has 3 aromatic rings. The Bertz CT molecular complexity index is 1110. The molecule has 160 valence electrons. The summed E-state index contributed by atoms with van der Waals surface area (Å²) >= 11 is 0. The van der Waals surface area contributed by atoms with Crippen LogP contribution in [0, 0.1) is 6.92 Å². The van der Waals surface area contributed by atoms with Crippen molar-refractivity contribution in [2.75, 3.05) is 26.8 Å². The molecular formula is C21H25N3O5S. The van der Waals surface area contributed by atoms with Crippen molar-refractivity contribution in [3.8, 4) is 5.75 Å². The Morgan fingerprint density at radius 2 is 1.87 bits per heavy atom. The molecular weight excluding hydrogens is 406 g/mol. The van der Waals surface area contributed by atoms with Gasteiger partial charge in [0.05, 0.1) is 4.90 Å². The van der Waals surface area contributed by atoms with Crippen LogP contribution in [0.4, 0.5) is 4.79 Å². The smallest absolute Gasteiger partial charge is 0.314 e. The number of fused-ring (bicyclic) bond motifs is 1. The summed E-state index contributed by atoms with van der Waals surface area (Å²) in [6, 6.07) is 11.8. The predicted octanol–water partition coefficient (Wildman–Crippen LogP) is 2.73. The molecule has 0 aliphatic carbocycles. The fourth-order valence-corrected chi connectivity index (χ4v) is 3.82. The lowest BCUT2D eigenvalue weighted by molar-refractivity contribution is 0.221. The van der Waals surface area contributed by atoms with Gasteiger partial charge in [-0.15, -0.1) is 0 Å². The molecule has 1 aromatic heterocycles. The van der Waals surface area contributed by atoms with Crippen LogP contribution in [0.25, 0.3) is 10.9 Å². The summed E-state index contributed by atoms with van der Waals surface area (Å²) in [4.78, 5) is 14.6. The Labute approximate surface area is 175 Å². The third-order valence-electron chi connectivity index (χ3n) is 4.55. The molecule has 30 heavy (non-hydrogen) atoms. The first-order valence-electron chi connectivity index (χ1n) is 9.53. The predicted molar refractivity (Wildman–Crippen MR) is 114 cm³/mol. The number of nitrogens with one attached hydrogen (secondary N) is 3. The van der Waals surface area contributed by atoms with Crippen molar-refractivity contribution < 1.29 is 22.1 Å². The van der Waals surface area contributed by atoms with Crippen LogP contribution in [0.1, 0.15) is 11.1 Å². The zero-order chi connectivity index (χ0) is 21.6. The van der Waals surface area contributed by atoms with Crippen molar-refractivity contribution in [3.63, 3.8) is 0 Å². The lowest BCUT2D eigenvalue weighted by Gasteiger charge is -2.09. The van der Waals surface area contributed by atoms with Crippen molar-refractivity contribution in [2.24, 2.45) is 0 Å². The lowest BCUT2D eigenvalue weighted by Crippen LogP contribution is -2.33. The van der Waals surface area contributed by atoms with E-state index in [0.29, 0.717) is 18.7 Å². The number of hydrogen-bond donors (Lipinski definition) is 3. The van der Waals surface area contributed by atoms with Gasteiger partial charge in [0.15, 0.2) is 0 Å². The number of urea groups is 1. The summed E-state index contributed by atoms with van der Waals surface area (Å²) < 4.78 is 35.1. The zero-order valence-electron chi connectivity index (χ0n) is 16.9. The third kappa shape index (κ3) is 5.52. The van der Waals surface area contributed by atoms with E-state index in [0.717, 1.165) is 22.0 Å². The number of hydrogen-bond acceptors (Lipinski definition) is 5. The van der Waals surface area contributed by atoms with Crippen LogP contribution in [0.5, 0.6) is 5.75 Å². The minimum absolute atomic E-state index is 0.0918. The second-order valence-electron chi connectivity index (χ2n) is 6.71. The van der Waals surface area contributed by atoms with E-state index < -0.39 is 10.1 Å². The van der Waals surface area contributed by atoms with Gasteiger partial charge in [-0.05, 0) is 49.2 Å². The SMILES string of the molecule is CNC(=O)NCCc1c[nH]c2ccc(OCCOS(=O)(=O)c3ccc(C)cc3)cc12. The maximum Gasteiger partial charge on any atom is 0.314 e. The Morgan fingerprint density at radius 1 is 1.10 bits per heavy atom. The minimum atomic E-state index is -3.81. The first-order valence-corrected chi connectivity index (χ1v) is 10.9. The van der Waals surface area contributed by atoms with Gasteiger partial charge in [-0.25, -0.2) is 4.79 Å². The van der Waals surface area contributed by atoms with E-state index in [2.05, 4.69) is 15.6 Å². The number of aryl methyl sites for hydroxylation is 1. The molecule has 0 spiro atoms. The molecule has 2 aromatic carbocycles. The Hall–Kier alpha value is -3.04. The molecule has 0 fully saturated rings. The van der Waals surface area contributed by atoms with E-state index in [1.165, 1.54) is 12.1 Å². The first kappa shape index (κ1) is 21.7. The molecule has 0 aliphatic heterocycles. The highest BCUT2D eigenvalue weighted by molar-refractivity contribution is 7.86. The molecule has 0 bridgehead atoms. The number of aromatic amines is 1. The molecule has 0 atom stereocenters. The average molecular weight is 432 g/mol. The summed E-state index contributed by atoms with van der Waals surface area (Å²) in [7, 11) is -2.24. The topological polar surface area (TPSA) is 110 Å². The van der Waals surface area contributed by atoms with E-state index in [4.69, 9.17) is 8.92 Å². The highest BCUT2D eigenvalue weighted by Gasteiger charge is 2.14. The molecule has 0 unspecified atom stereocenters. The first-order chi connectivity index (χ1) is 14.4. The monoisotopic (exact) mass is 431 g/mol. The number of rotatable bonds is 9. The van der Waals surface area contributed by atoms with Crippen LogP contribution >= 0.6 is 0 Å². The highest BCUT2D eigenvalue weighted by atomic mass is 32.2. The number of carbonyl (C=O) groups is 1. The number of amides is 2. The summed E-state index contributed by atoms with van der Waals surface area (Å²) in [6.45, 7) is 2.39. The number of aromatic nitrogens is 1.